The number of halogens is 3. The number of ether oxygens (including phenoxy) is 1. The van der Waals surface area contributed by atoms with Crippen molar-refractivity contribution in [2.45, 2.75) is 6.61 Å². The SMILES string of the molecule is O=C1NC(=O)C(=Cc2cc(Cl)c(OCc3ccc(Br)cc3)c(Cl)c2)C(=O)N1. The van der Waals surface area contributed by atoms with Crippen LogP contribution in [0.4, 0.5) is 4.79 Å². The first-order valence-electron chi connectivity index (χ1n) is 7.58. The molecular formula is C18H11BrCl2N2O4. The Labute approximate surface area is 172 Å². The van der Waals surface area contributed by atoms with Gasteiger partial charge in [0.05, 0.1) is 10.0 Å². The Morgan fingerprint density at radius 2 is 1.52 bits per heavy atom. The number of hydrogen-bond donors (Lipinski definition) is 2. The Morgan fingerprint density at radius 1 is 0.963 bits per heavy atom. The van der Waals surface area contributed by atoms with Gasteiger partial charge in [0.15, 0.2) is 5.75 Å². The first-order valence-corrected chi connectivity index (χ1v) is 9.13. The fourth-order valence-electron chi connectivity index (χ4n) is 2.31. The first kappa shape index (κ1) is 19.4. The van der Waals surface area contributed by atoms with Crippen LogP contribution in [0.25, 0.3) is 6.08 Å². The molecule has 9 heteroatoms. The van der Waals surface area contributed by atoms with Crippen LogP contribution < -0.4 is 15.4 Å². The van der Waals surface area contributed by atoms with E-state index in [-0.39, 0.29) is 28.0 Å². The van der Waals surface area contributed by atoms with Crippen LogP contribution in [0.15, 0.2) is 46.4 Å². The molecule has 1 aliphatic rings. The number of imide groups is 2. The number of barbiturate groups is 1. The molecule has 1 aliphatic heterocycles. The van der Waals surface area contributed by atoms with Gasteiger partial charge < -0.3 is 4.74 Å². The third-order valence-corrected chi connectivity index (χ3v) is 4.66. The van der Waals surface area contributed by atoms with Crippen LogP contribution in [-0.4, -0.2) is 17.8 Å². The molecule has 0 aromatic heterocycles. The van der Waals surface area contributed by atoms with Crippen LogP contribution in [-0.2, 0) is 16.2 Å². The maximum atomic E-state index is 11.8. The largest absolute Gasteiger partial charge is 0.486 e. The van der Waals surface area contributed by atoms with E-state index >= 15 is 0 Å². The van der Waals surface area contributed by atoms with Gasteiger partial charge in [-0.15, -0.1) is 0 Å². The van der Waals surface area contributed by atoms with Crippen LogP contribution in [0.1, 0.15) is 11.1 Å². The molecule has 2 aromatic rings. The highest BCUT2D eigenvalue weighted by Crippen LogP contribution is 2.35. The van der Waals surface area contributed by atoms with Gasteiger partial charge in [-0.3, -0.25) is 20.2 Å². The lowest BCUT2D eigenvalue weighted by molar-refractivity contribution is -0.123. The second-order valence-electron chi connectivity index (χ2n) is 5.52. The van der Waals surface area contributed by atoms with Crippen molar-refractivity contribution in [2.75, 3.05) is 0 Å². The first-order chi connectivity index (χ1) is 12.8. The number of nitrogens with one attached hydrogen (secondary N) is 2. The average Bonchev–Trinajstić information content (AvgIpc) is 2.59. The Morgan fingerprint density at radius 3 is 2.07 bits per heavy atom. The fraction of sp³-hybridized carbons (Fsp3) is 0.0556. The normalized spacial score (nSPS) is 13.9. The van der Waals surface area contributed by atoms with E-state index in [1.165, 1.54) is 18.2 Å². The zero-order chi connectivity index (χ0) is 19.6. The predicted molar refractivity (Wildman–Crippen MR) is 105 cm³/mol. The van der Waals surface area contributed by atoms with Gasteiger partial charge in [-0.25, -0.2) is 4.79 Å². The van der Waals surface area contributed by atoms with Crippen LogP contribution in [0.3, 0.4) is 0 Å². The zero-order valence-corrected chi connectivity index (χ0v) is 16.6. The summed E-state index contributed by atoms with van der Waals surface area (Å²) in [6.45, 7) is 0.264. The molecule has 3 rings (SSSR count). The van der Waals surface area contributed by atoms with E-state index in [1.54, 1.807) is 0 Å². The molecule has 0 saturated carbocycles. The molecule has 0 aliphatic carbocycles. The van der Waals surface area contributed by atoms with Crippen molar-refractivity contribution in [3.05, 3.63) is 67.6 Å². The number of rotatable bonds is 4. The Kier molecular flexibility index (Phi) is 5.84. The van der Waals surface area contributed by atoms with Gasteiger partial charge in [0.25, 0.3) is 11.8 Å². The quantitative estimate of drug-likeness (QED) is 0.521. The minimum atomic E-state index is -0.866. The molecule has 0 atom stereocenters. The van der Waals surface area contributed by atoms with Crippen LogP contribution in [0, 0.1) is 0 Å². The second-order valence-corrected chi connectivity index (χ2v) is 7.25. The number of urea groups is 1. The van der Waals surface area contributed by atoms with E-state index in [0.29, 0.717) is 5.56 Å². The van der Waals surface area contributed by atoms with Gasteiger partial charge in [-0.05, 0) is 41.5 Å². The van der Waals surface area contributed by atoms with E-state index in [9.17, 15) is 14.4 Å². The molecule has 1 saturated heterocycles. The molecule has 138 valence electrons. The van der Waals surface area contributed by atoms with Gasteiger partial charge in [0.1, 0.15) is 12.2 Å². The van der Waals surface area contributed by atoms with E-state index in [4.69, 9.17) is 27.9 Å². The lowest BCUT2D eigenvalue weighted by Crippen LogP contribution is -2.51. The summed E-state index contributed by atoms with van der Waals surface area (Å²) >= 11 is 15.8. The monoisotopic (exact) mass is 468 g/mol. The van der Waals surface area contributed by atoms with Crippen molar-refractivity contribution in [3.8, 4) is 5.75 Å². The van der Waals surface area contributed by atoms with E-state index in [1.807, 2.05) is 34.9 Å². The van der Waals surface area contributed by atoms with Gasteiger partial charge in [0, 0.05) is 4.47 Å². The molecule has 4 amide bonds. The smallest absolute Gasteiger partial charge is 0.328 e. The third-order valence-electron chi connectivity index (χ3n) is 3.57. The summed E-state index contributed by atoms with van der Waals surface area (Å²) in [6, 6.07) is 9.72. The molecule has 0 radical (unpaired) electrons. The van der Waals surface area contributed by atoms with Crippen molar-refractivity contribution in [1.82, 2.24) is 10.6 Å². The molecular weight excluding hydrogens is 459 g/mol. The minimum Gasteiger partial charge on any atom is -0.486 e. The maximum Gasteiger partial charge on any atom is 0.328 e. The summed E-state index contributed by atoms with van der Waals surface area (Å²) in [6.07, 6.45) is 1.29. The summed E-state index contributed by atoms with van der Waals surface area (Å²) in [5, 5.41) is 4.42. The Hall–Kier alpha value is -2.35. The minimum absolute atomic E-state index is 0.221. The van der Waals surface area contributed by atoms with Crippen LogP contribution >= 0.6 is 39.1 Å². The second kappa shape index (κ2) is 8.12. The number of hydrogen-bond acceptors (Lipinski definition) is 4. The molecule has 0 spiro atoms. The Balaban J connectivity index is 1.81. The van der Waals surface area contributed by atoms with Gasteiger partial charge in [-0.1, -0.05) is 51.3 Å². The molecule has 1 heterocycles. The van der Waals surface area contributed by atoms with Crippen LogP contribution in [0.5, 0.6) is 5.75 Å². The number of amides is 4. The lowest BCUT2D eigenvalue weighted by atomic mass is 10.1. The molecule has 1 fully saturated rings. The van der Waals surface area contributed by atoms with Crippen molar-refractivity contribution < 1.29 is 19.1 Å². The highest BCUT2D eigenvalue weighted by molar-refractivity contribution is 9.10. The van der Waals surface area contributed by atoms with Gasteiger partial charge in [0.2, 0.25) is 0 Å². The van der Waals surface area contributed by atoms with Crippen molar-refractivity contribution in [1.29, 1.82) is 0 Å². The molecule has 2 aromatic carbocycles. The fourth-order valence-corrected chi connectivity index (χ4v) is 3.19. The summed E-state index contributed by atoms with van der Waals surface area (Å²) in [4.78, 5) is 34.7. The molecule has 0 bridgehead atoms. The van der Waals surface area contributed by atoms with E-state index in [0.717, 1.165) is 10.0 Å². The highest BCUT2D eigenvalue weighted by atomic mass is 79.9. The summed E-state index contributed by atoms with van der Waals surface area (Å²) < 4.78 is 6.65. The van der Waals surface area contributed by atoms with Crippen LogP contribution in [0.2, 0.25) is 10.0 Å². The summed E-state index contributed by atoms with van der Waals surface area (Å²) in [5.74, 6) is -1.31. The van der Waals surface area contributed by atoms with Gasteiger partial charge >= 0.3 is 6.03 Å². The van der Waals surface area contributed by atoms with Crippen molar-refractivity contribution in [2.24, 2.45) is 0 Å². The topological polar surface area (TPSA) is 84.5 Å². The summed E-state index contributed by atoms with van der Waals surface area (Å²) in [5.41, 5.74) is 1.11. The van der Waals surface area contributed by atoms with E-state index in [2.05, 4.69) is 15.9 Å². The standard InChI is InChI=1S/C18H11BrCl2N2O4/c19-11-3-1-9(2-4-11)8-27-15-13(20)6-10(7-14(15)21)5-12-16(24)22-18(26)23-17(12)25/h1-7H,8H2,(H2,22,23,24,25,26). The predicted octanol–water partition coefficient (Wildman–Crippen LogP) is 4.08. The van der Waals surface area contributed by atoms with E-state index < -0.39 is 17.8 Å². The Bertz CT molecular complexity index is 929. The molecule has 6 nitrogen and oxygen atoms in total. The summed E-state index contributed by atoms with van der Waals surface area (Å²) in [7, 11) is 0. The zero-order valence-electron chi connectivity index (χ0n) is 13.5. The van der Waals surface area contributed by atoms with Gasteiger partial charge in [-0.2, -0.15) is 0 Å². The maximum absolute atomic E-state index is 11.8. The van der Waals surface area contributed by atoms with Crippen molar-refractivity contribution >= 4 is 63.1 Å². The third kappa shape index (κ3) is 4.68. The number of carbonyl (C=O) groups is 3. The molecule has 0 unspecified atom stereocenters. The number of benzene rings is 2. The number of carbonyl (C=O) groups excluding carboxylic acids is 3. The van der Waals surface area contributed by atoms with Crippen molar-refractivity contribution in [3.63, 3.8) is 0 Å². The average molecular weight is 470 g/mol. The lowest BCUT2D eigenvalue weighted by Gasteiger charge is -2.14. The molecule has 27 heavy (non-hydrogen) atoms. The highest BCUT2D eigenvalue weighted by Gasteiger charge is 2.27. The molecule has 2 N–H and O–H groups in total.